The summed E-state index contributed by atoms with van der Waals surface area (Å²) in [7, 11) is 0. The van der Waals surface area contributed by atoms with E-state index in [9.17, 15) is 9.59 Å². The molecule has 0 saturated heterocycles. The van der Waals surface area contributed by atoms with Crippen molar-refractivity contribution in [1.82, 2.24) is 0 Å². The second-order valence-corrected chi connectivity index (χ2v) is 4.83. The van der Waals surface area contributed by atoms with E-state index in [1.807, 2.05) is 13.0 Å². The van der Waals surface area contributed by atoms with Gasteiger partial charge in [0.2, 0.25) is 5.91 Å². The van der Waals surface area contributed by atoms with E-state index in [2.05, 4.69) is 10.6 Å². The van der Waals surface area contributed by atoms with Crippen molar-refractivity contribution in [3.8, 4) is 0 Å². The zero-order chi connectivity index (χ0) is 11.7. The smallest absolute Gasteiger partial charge is 0.316 e. The Bertz CT molecular complexity index is 461. The molecular formula is C10H11N3O2S. The Balaban J connectivity index is 2.29. The molecule has 0 aliphatic carbocycles. The van der Waals surface area contributed by atoms with Gasteiger partial charge >= 0.3 is 6.03 Å². The predicted molar refractivity (Wildman–Crippen MR) is 63.6 cm³/mol. The fourth-order valence-corrected chi connectivity index (χ4v) is 2.36. The van der Waals surface area contributed by atoms with E-state index in [1.54, 1.807) is 12.1 Å². The second-order valence-electron chi connectivity index (χ2n) is 3.45. The van der Waals surface area contributed by atoms with Crippen molar-refractivity contribution in [2.45, 2.75) is 17.1 Å². The van der Waals surface area contributed by atoms with Crippen molar-refractivity contribution in [2.75, 3.05) is 10.6 Å². The van der Waals surface area contributed by atoms with Crippen molar-refractivity contribution in [2.24, 2.45) is 5.73 Å². The van der Waals surface area contributed by atoms with Crippen LogP contribution in [-0.4, -0.2) is 17.2 Å². The lowest BCUT2D eigenvalue weighted by atomic mass is 10.2. The number of hydrogen-bond donors (Lipinski definition) is 3. The maximum absolute atomic E-state index is 11.4. The van der Waals surface area contributed by atoms with Crippen LogP contribution in [0, 0.1) is 0 Å². The van der Waals surface area contributed by atoms with Gasteiger partial charge in [-0.2, -0.15) is 0 Å². The molecule has 0 bridgehead atoms. The number of nitrogens with one attached hydrogen (secondary N) is 2. The van der Waals surface area contributed by atoms with E-state index in [0.29, 0.717) is 11.4 Å². The number of urea groups is 1. The first-order chi connectivity index (χ1) is 7.56. The average Bonchev–Trinajstić information content (AvgIpc) is 2.19. The van der Waals surface area contributed by atoms with Gasteiger partial charge in [-0.05, 0) is 25.1 Å². The molecule has 0 fully saturated rings. The number of thioether (sulfide) groups is 1. The Morgan fingerprint density at radius 2 is 2.31 bits per heavy atom. The van der Waals surface area contributed by atoms with E-state index in [0.717, 1.165) is 4.90 Å². The Morgan fingerprint density at radius 1 is 1.56 bits per heavy atom. The van der Waals surface area contributed by atoms with Crippen molar-refractivity contribution >= 4 is 35.1 Å². The number of benzene rings is 1. The third kappa shape index (κ3) is 2.11. The van der Waals surface area contributed by atoms with Gasteiger partial charge in [-0.3, -0.25) is 4.79 Å². The van der Waals surface area contributed by atoms with E-state index in [4.69, 9.17) is 5.73 Å². The Hall–Kier alpha value is -1.69. The molecule has 1 unspecified atom stereocenters. The molecular weight excluding hydrogens is 226 g/mol. The lowest BCUT2D eigenvalue weighted by Crippen LogP contribution is -2.26. The maximum Gasteiger partial charge on any atom is 0.316 e. The van der Waals surface area contributed by atoms with Crippen LogP contribution in [0.25, 0.3) is 0 Å². The number of rotatable bonds is 1. The summed E-state index contributed by atoms with van der Waals surface area (Å²) in [5, 5.41) is 5.14. The number of carbonyl (C=O) groups is 2. The highest BCUT2D eigenvalue weighted by Crippen LogP contribution is 2.36. The van der Waals surface area contributed by atoms with Gasteiger partial charge in [0.1, 0.15) is 0 Å². The van der Waals surface area contributed by atoms with Gasteiger partial charge in [-0.15, -0.1) is 11.8 Å². The lowest BCUT2D eigenvalue weighted by Gasteiger charge is -2.21. The van der Waals surface area contributed by atoms with E-state index < -0.39 is 6.03 Å². The van der Waals surface area contributed by atoms with Crippen LogP contribution >= 0.6 is 11.8 Å². The van der Waals surface area contributed by atoms with Gasteiger partial charge in [0.05, 0.1) is 10.9 Å². The van der Waals surface area contributed by atoms with Gasteiger partial charge < -0.3 is 16.4 Å². The first kappa shape index (κ1) is 10.8. The molecule has 3 amide bonds. The Morgan fingerprint density at radius 3 is 3.00 bits per heavy atom. The van der Waals surface area contributed by atoms with Gasteiger partial charge in [0.25, 0.3) is 0 Å². The van der Waals surface area contributed by atoms with Crippen LogP contribution in [-0.2, 0) is 4.79 Å². The largest absolute Gasteiger partial charge is 0.351 e. The molecule has 1 aliphatic heterocycles. The summed E-state index contributed by atoms with van der Waals surface area (Å²) in [5.74, 6) is -0.0336. The van der Waals surface area contributed by atoms with Gasteiger partial charge in [-0.1, -0.05) is 0 Å². The van der Waals surface area contributed by atoms with Gasteiger partial charge in [0.15, 0.2) is 0 Å². The third-order valence-electron chi connectivity index (χ3n) is 2.18. The van der Waals surface area contributed by atoms with Crippen LogP contribution < -0.4 is 16.4 Å². The second kappa shape index (κ2) is 4.05. The molecule has 6 heteroatoms. The third-order valence-corrected chi connectivity index (χ3v) is 3.36. The zero-order valence-electron chi connectivity index (χ0n) is 8.61. The standard InChI is InChI=1S/C10H11N3O2S/c1-5-9(14)13-7-4-6(12-10(11)15)2-3-8(7)16-5/h2-5H,1H3,(H,13,14)(H3,11,12,15). The molecule has 0 radical (unpaired) electrons. The topological polar surface area (TPSA) is 84.2 Å². The van der Waals surface area contributed by atoms with Crippen LogP contribution in [0.3, 0.4) is 0 Å². The minimum atomic E-state index is -0.622. The SMILES string of the molecule is CC1Sc2ccc(NC(N)=O)cc2NC1=O. The van der Waals surface area contributed by atoms with E-state index in [-0.39, 0.29) is 11.2 Å². The number of carbonyl (C=O) groups excluding carboxylic acids is 2. The van der Waals surface area contributed by atoms with Crippen LogP contribution in [0.2, 0.25) is 0 Å². The summed E-state index contributed by atoms with van der Waals surface area (Å²) in [5.41, 5.74) is 6.29. The molecule has 0 saturated carbocycles. The van der Waals surface area contributed by atoms with E-state index in [1.165, 1.54) is 11.8 Å². The van der Waals surface area contributed by atoms with Crippen molar-refractivity contribution < 1.29 is 9.59 Å². The maximum atomic E-state index is 11.4. The highest BCUT2D eigenvalue weighted by molar-refractivity contribution is 8.00. The van der Waals surface area contributed by atoms with Crippen LogP contribution in [0.15, 0.2) is 23.1 Å². The lowest BCUT2D eigenvalue weighted by molar-refractivity contribution is -0.115. The first-order valence-electron chi connectivity index (χ1n) is 4.74. The average molecular weight is 237 g/mol. The van der Waals surface area contributed by atoms with Crippen molar-refractivity contribution in [3.05, 3.63) is 18.2 Å². The highest BCUT2D eigenvalue weighted by Gasteiger charge is 2.22. The molecule has 5 nitrogen and oxygen atoms in total. The van der Waals surface area contributed by atoms with Crippen molar-refractivity contribution in [3.63, 3.8) is 0 Å². The molecule has 1 heterocycles. The van der Waals surface area contributed by atoms with Crippen LogP contribution in [0.4, 0.5) is 16.2 Å². The summed E-state index contributed by atoms with van der Waals surface area (Å²) in [4.78, 5) is 23.1. The molecule has 2 rings (SSSR count). The number of amides is 3. The zero-order valence-corrected chi connectivity index (χ0v) is 9.43. The number of nitrogens with two attached hydrogens (primary N) is 1. The molecule has 84 valence electrons. The van der Waals surface area contributed by atoms with Gasteiger partial charge in [-0.25, -0.2) is 4.79 Å². The number of fused-ring (bicyclic) bond motifs is 1. The molecule has 1 aromatic carbocycles. The quantitative estimate of drug-likeness (QED) is 0.693. The number of hydrogen-bond acceptors (Lipinski definition) is 3. The van der Waals surface area contributed by atoms with E-state index >= 15 is 0 Å². The van der Waals surface area contributed by atoms with Crippen molar-refractivity contribution in [1.29, 1.82) is 0 Å². The Kier molecular flexibility index (Phi) is 2.74. The molecule has 1 aromatic rings. The van der Waals surface area contributed by atoms with Crippen LogP contribution in [0.1, 0.15) is 6.92 Å². The molecule has 4 N–H and O–H groups in total. The number of primary amides is 1. The summed E-state index contributed by atoms with van der Waals surface area (Å²) < 4.78 is 0. The fraction of sp³-hybridized carbons (Fsp3) is 0.200. The summed E-state index contributed by atoms with van der Waals surface area (Å²) >= 11 is 1.49. The fourth-order valence-electron chi connectivity index (χ4n) is 1.43. The molecule has 0 aromatic heterocycles. The summed E-state index contributed by atoms with van der Waals surface area (Å²) in [6, 6.07) is 4.67. The molecule has 1 atom stereocenters. The number of anilines is 2. The minimum Gasteiger partial charge on any atom is -0.351 e. The Labute approximate surface area is 96.8 Å². The first-order valence-corrected chi connectivity index (χ1v) is 5.62. The molecule has 16 heavy (non-hydrogen) atoms. The predicted octanol–water partition coefficient (Wildman–Crippen LogP) is 1.61. The minimum absolute atomic E-state index is 0.0336. The van der Waals surface area contributed by atoms with Crippen LogP contribution in [0.5, 0.6) is 0 Å². The summed E-state index contributed by atoms with van der Waals surface area (Å²) in [6.45, 7) is 1.85. The van der Waals surface area contributed by atoms with Gasteiger partial charge in [0, 0.05) is 10.6 Å². The molecule has 0 spiro atoms. The highest BCUT2D eigenvalue weighted by atomic mass is 32.2. The normalized spacial score (nSPS) is 18.6. The summed E-state index contributed by atoms with van der Waals surface area (Å²) in [6.07, 6.45) is 0. The monoisotopic (exact) mass is 237 g/mol. The molecule has 1 aliphatic rings.